The third-order valence-electron chi connectivity index (χ3n) is 8.66. The summed E-state index contributed by atoms with van der Waals surface area (Å²) in [6.07, 6.45) is 7.35. The topological polar surface area (TPSA) is 208 Å². The highest BCUT2D eigenvalue weighted by Crippen LogP contribution is 2.30. The fourth-order valence-corrected chi connectivity index (χ4v) is 5.98. The van der Waals surface area contributed by atoms with Gasteiger partial charge in [-0.05, 0) is 86.0 Å². The average molecular weight is 720 g/mol. The van der Waals surface area contributed by atoms with Gasteiger partial charge in [0.05, 0.1) is 17.7 Å². The molecule has 15 nitrogen and oxygen atoms in total. The average Bonchev–Trinajstić information content (AvgIpc) is 3.70. The second-order valence-corrected chi connectivity index (χ2v) is 12.5. The number of carbonyl (C=O) groups is 7. The van der Waals surface area contributed by atoms with E-state index >= 15 is 0 Å². The summed E-state index contributed by atoms with van der Waals surface area (Å²) in [7, 11) is 0. The number of ether oxygens (including phenoxy) is 1. The number of carbonyl (C=O) groups excluding carboxylic acids is 7. The number of amides is 8. The Bertz CT molecular complexity index is 2110. The van der Waals surface area contributed by atoms with Gasteiger partial charge in [0.1, 0.15) is 11.8 Å². The number of fused-ring (bicyclic) bond motifs is 2. The van der Waals surface area contributed by atoms with Crippen LogP contribution in [-0.4, -0.2) is 70.6 Å². The molecule has 1 atom stereocenters. The van der Waals surface area contributed by atoms with Gasteiger partial charge in [-0.25, -0.2) is 4.79 Å². The highest BCUT2D eigenvalue weighted by Gasteiger charge is 2.44. The molecule has 1 aromatic heterocycles. The number of H-pyrrole nitrogens is 1. The Balaban J connectivity index is 0.827. The van der Waals surface area contributed by atoms with E-state index in [1.54, 1.807) is 36.4 Å². The van der Waals surface area contributed by atoms with Crippen LogP contribution in [0, 0.1) is 0 Å². The number of nitrogens with zero attached hydrogens (tertiary/aromatic N) is 1. The van der Waals surface area contributed by atoms with Crippen molar-refractivity contribution in [3.05, 3.63) is 96.2 Å². The lowest BCUT2D eigenvalue weighted by Crippen LogP contribution is -2.54. The van der Waals surface area contributed by atoms with Crippen LogP contribution in [-0.2, 0) is 19.2 Å². The number of piperidine rings is 1. The van der Waals surface area contributed by atoms with Crippen molar-refractivity contribution in [2.45, 2.75) is 44.6 Å². The van der Waals surface area contributed by atoms with Gasteiger partial charge in [0.2, 0.25) is 23.6 Å². The molecule has 8 amide bonds. The fraction of sp³-hybridized carbons (Fsp3) is 0.237. The lowest BCUT2D eigenvalue weighted by molar-refractivity contribution is -0.136. The number of aromatic amines is 1. The number of imide groups is 2. The van der Waals surface area contributed by atoms with Crippen molar-refractivity contribution in [1.82, 2.24) is 20.5 Å². The Morgan fingerprint density at radius 2 is 1.45 bits per heavy atom. The van der Waals surface area contributed by atoms with E-state index in [-0.39, 0.29) is 24.0 Å². The number of anilines is 3. The van der Waals surface area contributed by atoms with Crippen LogP contribution in [0.2, 0.25) is 0 Å². The summed E-state index contributed by atoms with van der Waals surface area (Å²) in [5.74, 6) is -2.71. The Labute approximate surface area is 303 Å². The first-order valence-corrected chi connectivity index (χ1v) is 17.1. The first-order chi connectivity index (χ1) is 25.6. The molecule has 1 fully saturated rings. The largest absolute Gasteiger partial charge is 0.494 e. The second-order valence-electron chi connectivity index (χ2n) is 12.5. The molecule has 6 N–H and O–H groups in total. The second kappa shape index (κ2) is 16.5. The Morgan fingerprint density at radius 3 is 2.25 bits per heavy atom. The van der Waals surface area contributed by atoms with Gasteiger partial charge in [0.15, 0.2) is 0 Å². The van der Waals surface area contributed by atoms with Gasteiger partial charge in [0, 0.05) is 59.3 Å². The fourth-order valence-electron chi connectivity index (χ4n) is 5.98. The van der Waals surface area contributed by atoms with E-state index in [1.807, 2.05) is 24.4 Å². The van der Waals surface area contributed by atoms with E-state index in [2.05, 4.69) is 31.6 Å². The number of hydrogen-bond acceptors (Lipinski definition) is 8. The maximum atomic E-state index is 13.0. The van der Waals surface area contributed by atoms with Crippen molar-refractivity contribution in [2.75, 3.05) is 29.1 Å². The molecule has 2 aliphatic rings. The summed E-state index contributed by atoms with van der Waals surface area (Å²) in [6, 6.07) is 17.2. The lowest BCUT2D eigenvalue weighted by atomic mass is 10.0. The number of rotatable bonds is 14. The summed E-state index contributed by atoms with van der Waals surface area (Å²) >= 11 is 0. The summed E-state index contributed by atoms with van der Waals surface area (Å²) in [5, 5.41) is 14.1. The van der Waals surface area contributed by atoms with Gasteiger partial charge in [-0.3, -0.25) is 39.0 Å². The molecule has 15 heteroatoms. The van der Waals surface area contributed by atoms with E-state index in [4.69, 9.17) is 4.74 Å². The molecule has 53 heavy (non-hydrogen) atoms. The maximum Gasteiger partial charge on any atom is 0.323 e. The van der Waals surface area contributed by atoms with Crippen LogP contribution >= 0.6 is 0 Å². The third kappa shape index (κ3) is 9.13. The van der Waals surface area contributed by atoms with Crippen molar-refractivity contribution < 1.29 is 38.3 Å². The van der Waals surface area contributed by atoms with Crippen LogP contribution in [0.1, 0.15) is 59.2 Å². The monoisotopic (exact) mass is 719 g/mol. The summed E-state index contributed by atoms with van der Waals surface area (Å²) in [4.78, 5) is 90.4. The van der Waals surface area contributed by atoms with E-state index in [1.165, 1.54) is 12.1 Å². The predicted molar refractivity (Wildman–Crippen MR) is 195 cm³/mol. The zero-order chi connectivity index (χ0) is 37.3. The van der Waals surface area contributed by atoms with E-state index in [0.29, 0.717) is 36.0 Å². The zero-order valence-corrected chi connectivity index (χ0v) is 28.5. The summed E-state index contributed by atoms with van der Waals surface area (Å²) < 4.78 is 5.78. The van der Waals surface area contributed by atoms with Gasteiger partial charge < -0.3 is 31.0 Å². The van der Waals surface area contributed by atoms with Gasteiger partial charge in [0.25, 0.3) is 11.8 Å². The minimum atomic E-state index is -1.02. The standard InChI is InChI=1S/C38H37N7O8/c46-32(15-16-33(47)41-24-5-7-25(8-6-24)42-38(52)43-26-9-12-30-23(21-26)17-19-39-30)40-18-3-1-2-4-20-53-27-10-11-28-29(22-27)37(51)45(36(28)50)31-13-14-34(48)44-35(31)49/h5-12,15-17,19,21-22,31,39H,1-4,13-14,18,20H2,(H,40,46)(H,41,47)(H2,42,43,52)(H,44,48,49)/b16-15+. The smallest absolute Gasteiger partial charge is 0.323 e. The number of unbranched alkanes of at least 4 members (excludes halogenated alkanes) is 3. The molecule has 1 saturated heterocycles. The summed E-state index contributed by atoms with van der Waals surface area (Å²) in [5.41, 5.74) is 2.99. The number of benzene rings is 3. The first-order valence-electron chi connectivity index (χ1n) is 17.1. The van der Waals surface area contributed by atoms with Crippen molar-refractivity contribution >= 4 is 69.4 Å². The van der Waals surface area contributed by atoms with Gasteiger partial charge in [-0.2, -0.15) is 0 Å². The molecule has 2 aliphatic heterocycles. The molecular formula is C38H37N7O8. The van der Waals surface area contributed by atoms with Crippen LogP contribution < -0.4 is 31.3 Å². The molecule has 4 aromatic rings. The van der Waals surface area contributed by atoms with E-state index in [9.17, 15) is 33.6 Å². The van der Waals surface area contributed by atoms with Crippen LogP contribution in [0.15, 0.2) is 85.1 Å². The highest BCUT2D eigenvalue weighted by atomic mass is 16.5. The number of urea groups is 1. The zero-order valence-electron chi connectivity index (χ0n) is 28.5. The number of aromatic nitrogens is 1. The molecule has 3 aromatic carbocycles. The quantitative estimate of drug-likeness (QED) is 0.0621. The van der Waals surface area contributed by atoms with Gasteiger partial charge in [-0.15, -0.1) is 0 Å². The minimum Gasteiger partial charge on any atom is -0.494 e. The summed E-state index contributed by atoms with van der Waals surface area (Å²) in [6.45, 7) is 0.807. The molecule has 1 unspecified atom stereocenters. The van der Waals surface area contributed by atoms with Crippen molar-refractivity contribution in [2.24, 2.45) is 0 Å². The molecule has 272 valence electrons. The molecule has 0 aliphatic carbocycles. The molecular weight excluding hydrogens is 682 g/mol. The molecule has 3 heterocycles. The van der Waals surface area contributed by atoms with E-state index < -0.39 is 47.5 Å². The van der Waals surface area contributed by atoms with Crippen molar-refractivity contribution in [1.29, 1.82) is 0 Å². The molecule has 6 rings (SSSR count). The Kier molecular flexibility index (Phi) is 11.2. The number of hydrogen-bond donors (Lipinski definition) is 6. The van der Waals surface area contributed by atoms with Crippen LogP contribution in [0.5, 0.6) is 5.75 Å². The van der Waals surface area contributed by atoms with Crippen molar-refractivity contribution in [3.63, 3.8) is 0 Å². The lowest BCUT2D eigenvalue weighted by Gasteiger charge is -2.27. The Morgan fingerprint density at radius 1 is 0.755 bits per heavy atom. The first kappa shape index (κ1) is 36.0. The van der Waals surface area contributed by atoms with E-state index in [0.717, 1.165) is 53.6 Å². The highest BCUT2D eigenvalue weighted by molar-refractivity contribution is 6.23. The number of nitrogens with one attached hydrogen (secondary N) is 6. The Hall–Kier alpha value is -6.77. The van der Waals surface area contributed by atoms with Crippen molar-refractivity contribution in [3.8, 4) is 5.75 Å². The molecule has 0 spiro atoms. The SMILES string of the molecule is O=C(/C=C/C(=O)Nc1ccc(NC(=O)Nc2ccc3[nH]ccc3c2)cc1)NCCCCCCOc1ccc2c(c1)C(=O)N(C1CCC(=O)NC1=O)C2=O. The van der Waals surface area contributed by atoms with Crippen LogP contribution in [0.25, 0.3) is 10.9 Å². The molecule has 0 radical (unpaired) electrons. The maximum absolute atomic E-state index is 13.0. The van der Waals surface area contributed by atoms with Crippen LogP contribution in [0.4, 0.5) is 21.9 Å². The molecule has 0 saturated carbocycles. The van der Waals surface area contributed by atoms with Gasteiger partial charge in [-0.1, -0.05) is 12.8 Å². The molecule has 0 bridgehead atoms. The minimum absolute atomic E-state index is 0.0515. The van der Waals surface area contributed by atoms with Crippen LogP contribution in [0.3, 0.4) is 0 Å². The predicted octanol–water partition coefficient (Wildman–Crippen LogP) is 4.46. The third-order valence-corrected chi connectivity index (χ3v) is 8.66. The normalized spacial score (nSPS) is 15.3. The van der Waals surface area contributed by atoms with Gasteiger partial charge >= 0.3 is 6.03 Å².